The summed E-state index contributed by atoms with van der Waals surface area (Å²) >= 11 is 0. The van der Waals surface area contributed by atoms with Crippen molar-refractivity contribution in [2.24, 2.45) is 5.92 Å². The number of rotatable bonds is 7. The third kappa shape index (κ3) is 4.49. The van der Waals surface area contributed by atoms with Crippen LogP contribution in [0.5, 0.6) is 5.75 Å². The fraction of sp³-hybridized carbons (Fsp3) is 0.600. The zero-order chi connectivity index (χ0) is 14.8. The molecule has 0 bridgehead atoms. The summed E-state index contributed by atoms with van der Waals surface area (Å²) in [4.78, 5) is 0.321. The zero-order valence-electron chi connectivity index (χ0n) is 12.3. The molecule has 1 aromatic rings. The van der Waals surface area contributed by atoms with Crippen LogP contribution in [-0.2, 0) is 9.84 Å². The van der Waals surface area contributed by atoms with Crippen molar-refractivity contribution in [1.29, 1.82) is 0 Å². The van der Waals surface area contributed by atoms with E-state index in [0.717, 1.165) is 6.54 Å². The SMILES string of the molecule is CC(C)C(CNC1CC1)Oc1ccc(S(C)(=O)=O)cc1. The Labute approximate surface area is 121 Å². The molecule has 0 aliphatic heterocycles. The minimum Gasteiger partial charge on any atom is -0.489 e. The standard InChI is InChI=1S/C15H23NO3S/c1-11(2)15(10-16-12-4-5-12)19-13-6-8-14(9-7-13)20(3,17)18/h6-9,11-12,15-16H,4-5,10H2,1-3H3. The van der Waals surface area contributed by atoms with Crippen molar-refractivity contribution in [3.63, 3.8) is 0 Å². The van der Waals surface area contributed by atoms with Crippen LogP contribution >= 0.6 is 0 Å². The molecule has 2 rings (SSSR count). The first kappa shape index (κ1) is 15.3. The molecule has 0 saturated heterocycles. The van der Waals surface area contributed by atoms with E-state index in [4.69, 9.17) is 4.74 Å². The smallest absolute Gasteiger partial charge is 0.175 e. The molecule has 1 saturated carbocycles. The van der Waals surface area contributed by atoms with Gasteiger partial charge in [0.2, 0.25) is 0 Å². The highest BCUT2D eigenvalue weighted by molar-refractivity contribution is 7.90. The van der Waals surface area contributed by atoms with E-state index in [9.17, 15) is 8.42 Å². The number of hydrogen-bond donors (Lipinski definition) is 1. The van der Waals surface area contributed by atoms with E-state index in [2.05, 4.69) is 19.2 Å². The van der Waals surface area contributed by atoms with Gasteiger partial charge in [-0.05, 0) is 43.0 Å². The molecule has 0 spiro atoms. The molecule has 1 fully saturated rings. The van der Waals surface area contributed by atoms with Gasteiger partial charge in [0.25, 0.3) is 0 Å². The van der Waals surface area contributed by atoms with Gasteiger partial charge in [-0.15, -0.1) is 0 Å². The van der Waals surface area contributed by atoms with E-state index in [-0.39, 0.29) is 6.10 Å². The van der Waals surface area contributed by atoms with E-state index in [1.165, 1.54) is 19.1 Å². The number of nitrogens with one attached hydrogen (secondary N) is 1. The highest BCUT2D eigenvalue weighted by Gasteiger charge is 2.23. The lowest BCUT2D eigenvalue weighted by Crippen LogP contribution is -2.36. The first-order valence-corrected chi connectivity index (χ1v) is 8.95. The fourth-order valence-corrected chi connectivity index (χ4v) is 2.55. The predicted molar refractivity (Wildman–Crippen MR) is 79.8 cm³/mol. The second kappa shape index (κ2) is 6.14. The molecule has 1 unspecified atom stereocenters. The van der Waals surface area contributed by atoms with Crippen LogP contribution in [-0.4, -0.2) is 33.4 Å². The second-order valence-electron chi connectivity index (χ2n) is 5.83. The molecule has 5 heteroatoms. The van der Waals surface area contributed by atoms with Gasteiger partial charge in [0.05, 0.1) is 4.90 Å². The third-order valence-electron chi connectivity index (χ3n) is 3.47. The Morgan fingerprint density at radius 3 is 2.30 bits per heavy atom. The third-order valence-corrected chi connectivity index (χ3v) is 4.60. The molecule has 20 heavy (non-hydrogen) atoms. The Hall–Kier alpha value is -1.07. The minimum atomic E-state index is -3.15. The molecule has 1 aliphatic carbocycles. The van der Waals surface area contributed by atoms with E-state index >= 15 is 0 Å². The molecule has 112 valence electrons. The normalized spacial score (nSPS) is 17.2. The van der Waals surface area contributed by atoms with E-state index in [1.807, 2.05) is 0 Å². The molecule has 4 nitrogen and oxygen atoms in total. The Morgan fingerprint density at radius 2 is 1.85 bits per heavy atom. The highest BCUT2D eigenvalue weighted by Crippen LogP contribution is 2.21. The summed E-state index contributed by atoms with van der Waals surface area (Å²) in [5.74, 6) is 1.12. The topological polar surface area (TPSA) is 55.4 Å². The van der Waals surface area contributed by atoms with Crippen LogP contribution in [0.15, 0.2) is 29.2 Å². The van der Waals surface area contributed by atoms with Crippen LogP contribution in [0, 0.1) is 5.92 Å². The maximum absolute atomic E-state index is 11.4. The Bertz CT molecular complexity index is 533. The van der Waals surface area contributed by atoms with Gasteiger partial charge in [-0.2, -0.15) is 0 Å². The lowest BCUT2D eigenvalue weighted by Gasteiger charge is -2.23. The molecule has 0 radical (unpaired) electrons. The predicted octanol–water partition coefficient (Wildman–Crippen LogP) is 2.25. The molecule has 1 atom stereocenters. The maximum Gasteiger partial charge on any atom is 0.175 e. The fourth-order valence-electron chi connectivity index (χ4n) is 1.92. The van der Waals surface area contributed by atoms with Crippen molar-refractivity contribution < 1.29 is 13.2 Å². The number of benzene rings is 1. The van der Waals surface area contributed by atoms with Gasteiger partial charge in [-0.25, -0.2) is 8.42 Å². The number of hydrogen-bond acceptors (Lipinski definition) is 4. The molecular formula is C15H23NO3S. The Kier molecular flexibility index (Phi) is 4.70. The number of ether oxygens (including phenoxy) is 1. The van der Waals surface area contributed by atoms with E-state index < -0.39 is 9.84 Å². The largest absolute Gasteiger partial charge is 0.489 e. The second-order valence-corrected chi connectivity index (χ2v) is 7.84. The van der Waals surface area contributed by atoms with Gasteiger partial charge in [-0.3, -0.25) is 0 Å². The first-order valence-electron chi connectivity index (χ1n) is 7.06. The van der Waals surface area contributed by atoms with E-state index in [0.29, 0.717) is 22.6 Å². The van der Waals surface area contributed by atoms with Gasteiger partial charge < -0.3 is 10.1 Å². The summed E-state index contributed by atoms with van der Waals surface area (Å²) in [5.41, 5.74) is 0. The Morgan fingerprint density at radius 1 is 1.25 bits per heavy atom. The molecule has 0 aromatic heterocycles. The lowest BCUT2D eigenvalue weighted by atomic mass is 10.1. The number of sulfone groups is 1. The van der Waals surface area contributed by atoms with Gasteiger partial charge >= 0.3 is 0 Å². The van der Waals surface area contributed by atoms with Crippen molar-refractivity contribution in [1.82, 2.24) is 5.32 Å². The van der Waals surface area contributed by atoms with E-state index in [1.54, 1.807) is 24.3 Å². The quantitative estimate of drug-likeness (QED) is 0.838. The molecule has 1 N–H and O–H groups in total. The summed E-state index contributed by atoms with van der Waals surface area (Å²) < 4.78 is 28.8. The lowest BCUT2D eigenvalue weighted by molar-refractivity contribution is 0.148. The van der Waals surface area contributed by atoms with Gasteiger partial charge in [-0.1, -0.05) is 13.8 Å². The average molecular weight is 297 g/mol. The van der Waals surface area contributed by atoms with Crippen LogP contribution in [0.3, 0.4) is 0 Å². The zero-order valence-corrected chi connectivity index (χ0v) is 13.1. The van der Waals surface area contributed by atoms with Gasteiger partial charge in [0, 0.05) is 18.8 Å². The maximum atomic E-state index is 11.4. The van der Waals surface area contributed by atoms with Gasteiger partial charge in [0.1, 0.15) is 11.9 Å². The van der Waals surface area contributed by atoms with Crippen LogP contribution < -0.4 is 10.1 Å². The average Bonchev–Trinajstić information content (AvgIpc) is 3.17. The monoisotopic (exact) mass is 297 g/mol. The van der Waals surface area contributed by atoms with Crippen molar-refractivity contribution in [3.8, 4) is 5.75 Å². The Balaban J connectivity index is 1.98. The summed E-state index contributed by atoms with van der Waals surface area (Å²) in [5, 5.41) is 3.47. The van der Waals surface area contributed by atoms with Crippen molar-refractivity contribution >= 4 is 9.84 Å². The van der Waals surface area contributed by atoms with Crippen molar-refractivity contribution in [2.75, 3.05) is 12.8 Å². The molecule has 0 amide bonds. The molecule has 0 heterocycles. The summed E-state index contributed by atoms with van der Waals surface area (Å²) in [7, 11) is -3.15. The summed E-state index contributed by atoms with van der Waals surface area (Å²) in [6.45, 7) is 5.09. The summed E-state index contributed by atoms with van der Waals surface area (Å²) in [6, 6.07) is 7.30. The first-order chi connectivity index (χ1) is 9.36. The highest BCUT2D eigenvalue weighted by atomic mass is 32.2. The minimum absolute atomic E-state index is 0.0969. The van der Waals surface area contributed by atoms with Crippen LogP contribution in [0.1, 0.15) is 26.7 Å². The summed E-state index contributed by atoms with van der Waals surface area (Å²) in [6.07, 6.45) is 3.82. The van der Waals surface area contributed by atoms with Crippen LogP contribution in [0.25, 0.3) is 0 Å². The molecule has 1 aliphatic rings. The molecule has 1 aromatic carbocycles. The van der Waals surface area contributed by atoms with Gasteiger partial charge in [0.15, 0.2) is 9.84 Å². The van der Waals surface area contributed by atoms with Crippen LogP contribution in [0.4, 0.5) is 0 Å². The molecular weight excluding hydrogens is 274 g/mol. The van der Waals surface area contributed by atoms with Crippen LogP contribution in [0.2, 0.25) is 0 Å². The van der Waals surface area contributed by atoms with Crippen molar-refractivity contribution in [2.45, 2.75) is 43.7 Å². The van der Waals surface area contributed by atoms with Crippen molar-refractivity contribution in [3.05, 3.63) is 24.3 Å².